The van der Waals surface area contributed by atoms with E-state index in [-0.39, 0.29) is 18.4 Å². The molecule has 1 aliphatic rings. The summed E-state index contributed by atoms with van der Waals surface area (Å²) >= 11 is 0. The molecule has 0 aromatic heterocycles. The summed E-state index contributed by atoms with van der Waals surface area (Å²) in [5.41, 5.74) is 2.86. The van der Waals surface area contributed by atoms with Gasteiger partial charge >= 0.3 is 0 Å². The van der Waals surface area contributed by atoms with E-state index in [1.54, 1.807) is 26.2 Å². The van der Waals surface area contributed by atoms with Crippen LogP contribution in [0.5, 0.6) is 17.2 Å². The van der Waals surface area contributed by atoms with E-state index in [0.29, 0.717) is 23.7 Å². The standard InChI is InChI=1S/C25H23NO4/c1-5-12-26-20-11-10-16-8-6-7-9-18(16)24(20)19(15-23(26)27)17-13-21(28-2)25(30-4)22(14-17)29-3/h1,6-11,13-14,19H,12,15H2,2-4H3. The number of hydrogen-bond donors (Lipinski definition) is 0. The van der Waals surface area contributed by atoms with Gasteiger partial charge in [0.25, 0.3) is 0 Å². The summed E-state index contributed by atoms with van der Waals surface area (Å²) in [6.07, 6.45) is 5.86. The molecule has 0 spiro atoms. The van der Waals surface area contributed by atoms with Crippen LogP contribution >= 0.6 is 0 Å². The first kappa shape index (κ1) is 19.7. The van der Waals surface area contributed by atoms with Gasteiger partial charge in [-0.1, -0.05) is 36.3 Å². The number of anilines is 1. The molecule has 0 bridgehead atoms. The molecule has 152 valence electrons. The van der Waals surface area contributed by atoms with Gasteiger partial charge in [-0.2, -0.15) is 0 Å². The van der Waals surface area contributed by atoms with Gasteiger partial charge in [-0.05, 0) is 40.1 Å². The molecule has 0 N–H and O–H groups in total. The lowest BCUT2D eigenvalue weighted by atomic mass is 9.81. The summed E-state index contributed by atoms with van der Waals surface area (Å²) in [7, 11) is 4.75. The first-order valence-corrected chi connectivity index (χ1v) is 9.68. The first-order chi connectivity index (χ1) is 14.6. The van der Waals surface area contributed by atoms with Crippen molar-refractivity contribution >= 4 is 22.4 Å². The van der Waals surface area contributed by atoms with Crippen LogP contribution in [0.2, 0.25) is 0 Å². The predicted octanol–water partition coefficient (Wildman–Crippen LogP) is 4.37. The SMILES string of the molecule is C#CCN1C(=O)CC(c2cc(OC)c(OC)c(OC)c2)c2c1ccc1ccccc21. The van der Waals surface area contributed by atoms with Gasteiger partial charge in [0.1, 0.15) is 0 Å². The quantitative estimate of drug-likeness (QED) is 0.596. The van der Waals surface area contributed by atoms with Gasteiger partial charge in [0.15, 0.2) is 11.5 Å². The lowest BCUT2D eigenvalue weighted by Crippen LogP contribution is -2.37. The summed E-state index contributed by atoms with van der Waals surface area (Å²) in [4.78, 5) is 14.7. The molecule has 0 saturated carbocycles. The van der Waals surface area contributed by atoms with Gasteiger partial charge in [-0.25, -0.2) is 0 Å². The minimum absolute atomic E-state index is 0.00511. The van der Waals surface area contributed by atoms with Crippen LogP contribution in [0.25, 0.3) is 10.8 Å². The average molecular weight is 401 g/mol. The van der Waals surface area contributed by atoms with Crippen molar-refractivity contribution in [2.75, 3.05) is 32.8 Å². The molecular weight excluding hydrogens is 378 g/mol. The third-order valence-electron chi connectivity index (χ3n) is 5.61. The largest absolute Gasteiger partial charge is 0.493 e. The van der Waals surface area contributed by atoms with Crippen LogP contribution < -0.4 is 19.1 Å². The van der Waals surface area contributed by atoms with Gasteiger partial charge in [-0.3, -0.25) is 4.79 Å². The van der Waals surface area contributed by atoms with Gasteiger partial charge in [0.2, 0.25) is 11.7 Å². The molecule has 0 fully saturated rings. The fraction of sp³-hybridized carbons (Fsp3) is 0.240. The Bertz CT molecular complexity index is 1140. The molecule has 0 aliphatic carbocycles. The zero-order valence-electron chi connectivity index (χ0n) is 17.3. The van der Waals surface area contributed by atoms with Crippen molar-refractivity contribution in [3.8, 4) is 29.6 Å². The summed E-state index contributed by atoms with van der Waals surface area (Å²) < 4.78 is 16.6. The highest BCUT2D eigenvalue weighted by molar-refractivity contribution is 6.03. The molecule has 30 heavy (non-hydrogen) atoms. The second-order valence-corrected chi connectivity index (χ2v) is 7.12. The fourth-order valence-corrected chi connectivity index (χ4v) is 4.26. The lowest BCUT2D eigenvalue weighted by molar-refractivity contribution is -0.119. The average Bonchev–Trinajstić information content (AvgIpc) is 2.79. The minimum Gasteiger partial charge on any atom is -0.493 e. The maximum absolute atomic E-state index is 13.0. The molecule has 3 aromatic rings. The zero-order valence-corrected chi connectivity index (χ0v) is 17.3. The Kier molecular flexibility index (Phi) is 5.24. The number of fused-ring (bicyclic) bond motifs is 3. The van der Waals surface area contributed by atoms with E-state index < -0.39 is 0 Å². The highest BCUT2D eigenvalue weighted by atomic mass is 16.5. The van der Waals surface area contributed by atoms with E-state index in [2.05, 4.69) is 18.1 Å². The maximum Gasteiger partial charge on any atom is 0.228 e. The van der Waals surface area contributed by atoms with Gasteiger partial charge in [-0.15, -0.1) is 6.42 Å². The smallest absolute Gasteiger partial charge is 0.228 e. The summed E-state index contributed by atoms with van der Waals surface area (Å²) in [5, 5.41) is 2.21. The van der Waals surface area contributed by atoms with Crippen LogP contribution in [0.15, 0.2) is 48.5 Å². The van der Waals surface area contributed by atoms with Crippen molar-refractivity contribution in [2.24, 2.45) is 0 Å². The number of carbonyl (C=O) groups excluding carboxylic acids is 1. The number of terminal acetylenes is 1. The Morgan fingerprint density at radius 1 is 1.03 bits per heavy atom. The number of carbonyl (C=O) groups is 1. The van der Waals surface area contributed by atoms with Crippen molar-refractivity contribution in [1.29, 1.82) is 0 Å². The Morgan fingerprint density at radius 3 is 2.37 bits per heavy atom. The first-order valence-electron chi connectivity index (χ1n) is 9.68. The topological polar surface area (TPSA) is 48.0 Å². The monoisotopic (exact) mass is 401 g/mol. The second-order valence-electron chi connectivity index (χ2n) is 7.12. The van der Waals surface area contributed by atoms with Gasteiger partial charge in [0.05, 0.1) is 27.9 Å². The van der Waals surface area contributed by atoms with Gasteiger partial charge in [0, 0.05) is 18.0 Å². The number of amides is 1. The lowest BCUT2D eigenvalue weighted by Gasteiger charge is -2.34. The summed E-state index contributed by atoms with van der Waals surface area (Å²) in [6, 6.07) is 16.0. The highest BCUT2D eigenvalue weighted by Crippen LogP contribution is 2.47. The molecule has 3 aromatic carbocycles. The Balaban J connectivity index is 1.99. The van der Waals surface area contributed by atoms with Crippen molar-refractivity contribution < 1.29 is 19.0 Å². The fourth-order valence-electron chi connectivity index (χ4n) is 4.26. The summed E-state index contributed by atoms with van der Waals surface area (Å²) in [5.74, 6) is 4.09. The molecule has 5 heteroatoms. The van der Waals surface area contributed by atoms with Crippen LogP contribution in [0, 0.1) is 12.3 Å². The molecule has 1 heterocycles. The molecule has 1 aliphatic heterocycles. The molecule has 1 atom stereocenters. The Morgan fingerprint density at radius 2 is 1.73 bits per heavy atom. The van der Waals surface area contributed by atoms with Gasteiger partial charge < -0.3 is 19.1 Å². The van der Waals surface area contributed by atoms with E-state index in [1.807, 2.05) is 36.4 Å². The van der Waals surface area contributed by atoms with Crippen molar-refractivity contribution in [2.45, 2.75) is 12.3 Å². The normalized spacial score (nSPS) is 15.5. The second kappa shape index (κ2) is 8.00. The molecule has 1 amide bonds. The van der Waals surface area contributed by atoms with Crippen LogP contribution in [0.4, 0.5) is 5.69 Å². The van der Waals surface area contributed by atoms with Crippen LogP contribution in [0.1, 0.15) is 23.5 Å². The number of ether oxygens (including phenoxy) is 3. The van der Waals surface area contributed by atoms with Crippen LogP contribution in [-0.2, 0) is 4.79 Å². The van der Waals surface area contributed by atoms with Crippen molar-refractivity contribution in [1.82, 2.24) is 0 Å². The van der Waals surface area contributed by atoms with E-state index in [0.717, 1.165) is 27.6 Å². The molecule has 5 nitrogen and oxygen atoms in total. The molecule has 4 rings (SSSR count). The highest BCUT2D eigenvalue weighted by Gasteiger charge is 2.34. The van der Waals surface area contributed by atoms with E-state index in [4.69, 9.17) is 20.6 Å². The molecule has 0 saturated heterocycles. The predicted molar refractivity (Wildman–Crippen MR) is 118 cm³/mol. The third kappa shape index (κ3) is 3.11. The van der Waals surface area contributed by atoms with Crippen molar-refractivity contribution in [3.63, 3.8) is 0 Å². The molecular formula is C25H23NO4. The molecule has 1 unspecified atom stereocenters. The van der Waals surface area contributed by atoms with E-state index >= 15 is 0 Å². The zero-order chi connectivity index (χ0) is 21.3. The van der Waals surface area contributed by atoms with Crippen molar-refractivity contribution in [3.05, 3.63) is 59.7 Å². The molecule has 0 radical (unpaired) electrons. The number of rotatable bonds is 5. The number of hydrogen-bond acceptors (Lipinski definition) is 4. The van der Waals surface area contributed by atoms with E-state index in [9.17, 15) is 4.79 Å². The number of methoxy groups -OCH3 is 3. The third-order valence-corrected chi connectivity index (χ3v) is 5.61. The number of nitrogens with zero attached hydrogens (tertiary/aromatic N) is 1. The van der Waals surface area contributed by atoms with E-state index in [1.165, 1.54) is 0 Å². The van der Waals surface area contributed by atoms with Crippen LogP contribution in [-0.4, -0.2) is 33.8 Å². The number of benzene rings is 3. The maximum atomic E-state index is 13.0. The Hall–Kier alpha value is -3.65. The minimum atomic E-state index is -0.165. The Labute approximate surface area is 176 Å². The summed E-state index contributed by atoms with van der Waals surface area (Å²) in [6.45, 7) is 0.242. The van der Waals surface area contributed by atoms with Crippen LogP contribution in [0.3, 0.4) is 0 Å².